The summed E-state index contributed by atoms with van der Waals surface area (Å²) in [6.07, 6.45) is -0.315. The van der Waals surface area contributed by atoms with Gasteiger partial charge in [-0.1, -0.05) is 12.1 Å². The van der Waals surface area contributed by atoms with Crippen molar-refractivity contribution < 1.29 is 23.8 Å². The van der Waals surface area contributed by atoms with Gasteiger partial charge in [-0.15, -0.1) is 0 Å². The highest BCUT2D eigenvalue weighted by atomic mass is 16.5. The number of esters is 1. The Labute approximate surface area is 133 Å². The second-order valence-electron chi connectivity index (χ2n) is 5.06. The average molecular weight is 313 g/mol. The molecule has 0 saturated heterocycles. The lowest BCUT2D eigenvalue weighted by Crippen LogP contribution is -2.21. The molecule has 6 heteroatoms. The van der Waals surface area contributed by atoms with Crippen molar-refractivity contribution in [3.63, 3.8) is 0 Å². The van der Waals surface area contributed by atoms with E-state index in [0.29, 0.717) is 17.0 Å². The van der Waals surface area contributed by atoms with E-state index < -0.39 is 12.1 Å². The monoisotopic (exact) mass is 313 g/mol. The van der Waals surface area contributed by atoms with Crippen LogP contribution in [0, 0.1) is 0 Å². The Hall–Kier alpha value is -2.89. The number of Topliss-reactive ketones (excluding diaryl/α,β-unsaturated/α-hetero) is 1. The number of carbonyl (C=O) groups excluding carboxylic acids is 2. The van der Waals surface area contributed by atoms with Crippen LogP contribution in [-0.2, 0) is 4.74 Å². The summed E-state index contributed by atoms with van der Waals surface area (Å²) in [6, 6.07) is 10.1. The number of nitrogens with zero attached hydrogens (tertiary/aromatic N) is 1. The molecule has 3 rings (SSSR count). The SMILES string of the molecule is COC(=O)c1cccc(C2CC(=O)c3ccc(OC)nc3O2)c1. The summed E-state index contributed by atoms with van der Waals surface area (Å²) in [7, 11) is 2.82. The molecule has 23 heavy (non-hydrogen) atoms. The average Bonchev–Trinajstić information content (AvgIpc) is 2.60. The molecule has 1 atom stereocenters. The van der Waals surface area contributed by atoms with Crippen molar-refractivity contribution in [1.29, 1.82) is 0 Å². The highest BCUT2D eigenvalue weighted by molar-refractivity contribution is 5.99. The molecular weight excluding hydrogens is 298 g/mol. The van der Waals surface area contributed by atoms with E-state index in [4.69, 9.17) is 14.2 Å². The van der Waals surface area contributed by atoms with E-state index in [1.807, 2.05) is 0 Å². The van der Waals surface area contributed by atoms with E-state index in [1.54, 1.807) is 36.4 Å². The van der Waals surface area contributed by atoms with Gasteiger partial charge in [0.25, 0.3) is 0 Å². The number of pyridine rings is 1. The molecule has 1 unspecified atom stereocenters. The van der Waals surface area contributed by atoms with Crippen LogP contribution < -0.4 is 9.47 Å². The third-order valence-electron chi connectivity index (χ3n) is 3.65. The second-order valence-corrected chi connectivity index (χ2v) is 5.06. The molecule has 1 aromatic heterocycles. The smallest absolute Gasteiger partial charge is 0.337 e. The van der Waals surface area contributed by atoms with Gasteiger partial charge in [0.1, 0.15) is 6.10 Å². The highest BCUT2D eigenvalue weighted by Crippen LogP contribution is 2.34. The fourth-order valence-corrected chi connectivity index (χ4v) is 2.46. The molecule has 0 amide bonds. The van der Waals surface area contributed by atoms with Gasteiger partial charge < -0.3 is 14.2 Å². The Bertz CT molecular complexity index is 771. The first-order chi connectivity index (χ1) is 11.1. The number of hydrogen-bond donors (Lipinski definition) is 0. The number of aromatic nitrogens is 1. The van der Waals surface area contributed by atoms with Gasteiger partial charge in [0.2, 0.25) is 11.8 Å². The maximum atomic E-state index is 12.3. The number of benzene rings is 1. The lowest BCUT2D eigenvalue weighted by atomic mass is 9.97. The molecule has 0 saturated carbocycles. The minimum atomic E-state index is -0.501. The van der Waals surface area contributed by atoms with Crippen molar-refractivity contribution in [2.45, 2.75) is 12.5 Å². The van der Waals surface area contributed by atoms with E-state index in [2.05, 4.69) is 4.98 Å². The van der Waals surface area contributed by atoms with Crippen LogP contribution in [0.1, 0.15) is 38.8 Å². The van der Waals surface area contributed by atoms with Crippen LogP contribution in [0.5, 0.6) is 11.8 Å². The fraction of sp³-hybridized carbons (Fsp3) is 0.235. The molecule has 1 aliphatic rings. The number of carbonyl (C=O) groups is 2. The van der Waals surface area contributed by atoms with Crippen molar-refractivity contribution in [3.05, 3.63) is 53.1 Å². The normalized spacial score (nSPS) is 16.3. The summed E-state index contributed by atoms with van der Waals surface area (Å²) in [5.74, 6) is 0.124. The number of hydrogen-bond acceptors (Lipinski definition) is 6. The van der Waals surface area contributed by atoms with E-state index in [1.165, 1.54) is 14.2 Å². The van der Waals surface area contributed by atoms with E-state index in [-0.39, 0.29) is 18.1 Å². The van der Waals surface area contributed by atoms with Gasteiger partial charge in [-0.3, -0.25) is 4.79 Å². The van der Waals surface area contributed by atoms with Crippen LogP contribution >= 0.6 is 0 Å². The van der Waals surface area contributed by atoms with Crippen molar-refractivity contribution in [1.82, 2.24) is 4.98 Å². The number of ether oxygens (including phenoxy) is 3. The van der Waals surface area contributed by atoms with Crippen LogP contribution in [-0.4, -0.2) is 31.0 Å². The molecule has 0 N–H and O–H groups in total. The summed E-state index contributed by atoms with van der Waals surface area (Å²) in [5.41, 5.74) is 1.56. The van der Waals surface area contributed by atoms with Crippen molar-refractivity contribution in [2.24, 2.45) is 0 Å². The van der Waals surface area contributed by atoms with Gasteiger partial charge in [0, 0.05) is 6.07 Å². The summed E-state index contributed by atoms with van der Waals surface area (Å²) >= 11 is 0. The molecular formula is C17H15NO5. The summed E-state index contributed by atoms with van der Waals surface area (Å²) < 4.78 is 15.6. The predicted octanol–water partition coefficient (Wildman–Crippen LogP) is 2.58. The molecule has 6 nitrogen and oxygen atoms in total. The van der Waals surface area contributed by atoms with Gasteiger partial charge >= 0.3 is 5.97 Å². The molecule has 2 aromatic rings. The third kappa shape index (κ3) is 2.88. The Morgan fingerprint density at radius 2 is 2.09 bits per heavy atom. The van der Waals surface area contributed by atoms with Gasteiger partial charge in [-0.2, -0.15) is 4.98 Å². The Kier molecular flexibility index (Phi) is 3.97. The first kappa shape index (κ1) is 15.0. The van der Waals surface area contributed by atoms with Crippen molar-refractivity contribution >= 4 is 11.8 Å². The Morgan fingerprint density at radius 1 is 1.26 bits per heavy atom. The first-order valence-corrected chi connectivity index (χ1v) is 7.05. The molecule has 118 valence electrons. The highest BCUT2D eigenvalue weighted by Gasteiger charge is 2.29. The van der Waals surface area contributed by atoms with Gasteiger partial charge in [-0.05, 0) is 23.8 Å². The predicted molar refractivity (Wildman–Crippen MR) is 80.9 cm³/mol. The van der Waals surface area contributed by atoms with Crippen molar-refractivity contribution in [2.75, 3.05) is 14.2 Å². The van der Waals surface area contributed by atoms with Gasteiger partial charge in [0.05, 0.1) is 31.8 Å². The van der Waals surface area contributed by atoms with Gasteiger partial charge in [-0.25, -0.2) is 4.79 Å². The lowest BCUT2D eigenvalue weighted by Gasteiger charge is -2.25. The zero-order chi connectivity index (χ0) is 16.4. The fourth-order valence-electron chi connectivity index (χ4n) is 2.46. The molecule has 0 radical (unpaired) electrons. The molecule has 1 aromatic carbocycles. The molecule has 0 aliphatic carbocycles. The van der Waals surface area contributed by atoms with Crippen LogP contribution in [0.15, 0.2) is 36.4 Å². The van der Waals surface area contributed by atoms with Crippen LogP contribution in [0.25, 0.3) is 0 Å². The Balaban J connectivity index is 1.93. The zero-order valence-electron chi connectivity index (χ0n) is 12.7. The third-order valence-corrected chi connectivity index (χ3v) is 3.65. The minimum absolute atomic E-state index is 0.0603. The number of ketones is 1. The van der Waals surface area contributed by atoms with Crippen LogP contribution in [0.2, 0.25) is 0 Å². The van der Waals surface area contributed by atoms with E-state index in [0.717, 1.165) is 5.56 Å². The summed E-state index contributed by atoms with van der Waals surface area (Å²) in [4.78, 5) is 28.1. The molecule has 1 aliphatic heterocycles. The summed E-state index contributed by atoms with van der Waals surface area (Å²) in [5, 5.41) is 0. The quantitative estimate of drug-likeness (QED) is 0.811. The molecule has 2 heterocycles. The standard InChI is InChI=1S/C17H15NO5/c1-21-15-7-6-12-13(19)9-14(23-16(12)18-15)10-4-3-5-11(8-10)17(20)22-2/h3-8,14H,9H2,1-2H3. The zero-order valence-corrected chi connectivity index (χ0v) is 12.7. The molecule has 0 spiro atoms. The van der Waals surface area contributed by atoms with E-state index >= 15 is 0 Å². The van der Waals surface area contributed by atoms with Crippen LogP contribution in [0.4, 0.5) is 0 Å². The topological polar surface area (TPSA) is 74.7 Å². The Morgan fingerprint density at radius 3 is 2.83 bits per heavy atom. The minimum Gasteiger partial charge on any atom is -0.481 e. The maximum Gasteiger partial charge on any atom is 0.337 e. The van der Waals surface area contributed by atoms with Crippen molar-refractivity contribution in [3.8, 4) is 11.8 Å². The number of rotatable bonds is 3. The first-order valence-electron chi connectivity index (χ1n) is 7.05. The summed E-state index contributed by atoms with van der Waals surface area (Å²) in [6.45, 7) is 0. The molecule has 0 fully saturated rings. The largest absolute Gasteiger partial charge is 0.481 e. The van der Waals surface area contributed by atoms with Crippen LogP contribution in [0.3, 0.4) is 0 Å². The number of fused-ring (bicyclic) bond motifs is 1. The van der Waals surface area contributed by atoms with E-state index in [9.17, 15) is 9.59 Å². The second kappa shape index (κ2) is 6.08. The lowest BCUT2D eigenvalue weighted by molar-refractivity contribution is 0.0600. The molecule has 0 bridgehead atoms. The maximum absolute atomic E-state index is 12.3. The van der Waals surface area contributed by atoms with Gasteiger partial charge in [0.15, 0.2) is 5.78 Å². The number of methoxy groups -OCH3 is 2.